The monoisotopic (exact) mass is 447 g/mol. The molecule has 0 spiro atoms. The van der Waals surface area contributed by atoms with Crippen molar-refractivity contribution in [2.45, 2.75) is 12.4 Å². The molecule has 5 nitrogen and oxygen atoms in total. The number of hydrogen-bond donors (Lipinski definition) is 2. The number of hydrogen-bond acceptors (Lipinski definition) is 5. The molecule has 0 radical (unpaired) electrons. The van der Waals surface area contributed by atoms with Gasteiger partial charge in [-0.3, -0.25) is 4.79 Å². The van der Waals surface area contributed by atoms with Gasteiger partial charge in [0.05, 0.1) is 23.4 Å². The lowest BCUT2D eigenvalue weighted by Crippen LogP contribution is -2.31. The molecule has 0 aliphatic carbocycles. The van der Waals surface area contributed by atoms with Crippen molar-refractivity contribution in [2.75, 3.05) is 31.4 Å². The summed E-state index contributed by atoms with van der Waals surface area (Å²) in [6.07, 6.45) is 1.90. The summed E-state index contributed by atoms with van der Waals surface area (Å²) in [6, 6.07) is 12.0. The quantitative estimate of drug-likeness (QED) is 0.663. The highest BCUT2D eigenvalue weighted by atomic mass is 79.9. The molecule has 1 amide bonds. The van der Waals surface area contributed by atoms with E-state index in [-0.39, 0.29) is 11.4 Å². The molecule has 2 N–H and O–H groups in total. The molecule has 1 unspecified atom stereocenters. The minimum Gasteiger partial charge on any atom is -0.495 e. The first kappa shape index (κ1) is 19.6. The molecule has 0 saturated carbocycles. The number of aryl methyl sites for hydroxylation is 1. The maximum atomic E-state index is 12.4. The number of amides is 1. The minimum atomic E-state index is -0.246. The zero-order valence-electron chi connectivity index (χ0n) is 15.7. The first-order chi connectivity index (χ1) is 12.9. The average Bonchev–Trinajstić information content (AvgIpc) is 2.94. The third-order valence-electron chi connectivity index (χ3n) is 4.12. The lowest BCUT2D eigenvalue weighted by Gasteiger charge is -2.16. The summed E-state index contributed by atoms with van der Waals surface area (Å²) in [6.45, 7) is 2.02. The maximum Gasteiger partial charge on any atom is 0.260 e. The van der Waals surface area contributed by atoms with Gasteiger partial charge in [0.15, 0.2) is 5.50 Å². The van der Waals surface area contributed by atoms with E-state index in [1.54, 1.807) is 7.11 Å². The second kappa shape index (κ2) is 8.27. The summed E-state index contributed by atoms with van der Waals surface area (Å²) >= 11 is 5.04. The topological polar surface area (TPSA) is 53.6 Å². The van der Waals surface area contributed by atoms with Crippen LogP contribution in [0.4, 0.5) is 11.4 Å². The molecule has 1 atom stereocenters. The minimum absolute atomic E-state index is 0.0862. The Morgan fingerprint density at radius 1 is 1.26 bits per heavy atom. The number of rotatable bonds is 5. The van der Waals surface area contributed by atoms with E-state index in [1.165, 1.54) is 11.8 Å². The Kier molecular flexibility index (Phi) is 6.01. The summed E-state index contributed by atoms with van der Waals surface area (Å²) in [4.78, 5) is 15.1. The predicted molar refractivity (Wildman–Crippen MR) is 117 cm³/mol. The van der Waals surface area contributed by atoms with Crippen molar-refractivity contribution in [1.82, 2.24) is 5.32 Å². The van der Waals surface area contributed by atoms with Gasteiger partial charge in [-0.1, -0.05) is 23.9 Å². The Bertz CT molecular complexity index is 899. The molecule has 1 aliphatic heterocycles. The molecule has 142 valence electrons. The van der Waals surface area contributed by atoms with Crippen molar-refractivity contribution in [3.63, 3.8) is 0 Å². The van der Waals surface area contributed by atoms with Gasteiger partial charge in [0.25, 0.3) is 5.91 Å². The molecule has 1 aliphatic rings. The second-order valence-corrected chi connectivity index (χ2v) is 8.43. The maximum absolute atomic E-state index is 12.4. The van der Waals surface area contributed by atoms with E-state index in [2.05, 4.69) is 26.6 Å². The van der Waals surface area contributed by atoms with Gasteiger partial charge in [-0.25, -0.2) is 0 Å². The zero-order valence-corrected chi connectivity index (χ0v) is 18.1. The van der Waals surface area contributed by atoms with Crippen LogP contribution in [0.2, 0.25) is 0 Å². The molecule has 0 bridgehead atoms. The molecule has 2 aromatic rings. The first-order valence-corrected chi connectivity index (χ1v) is 10.1. The van der Waals surface area contributed by atoms with Crippen molar-refractivity contribution in [3.05, 3.63) is 56.9 Å². The third-order valence-corrected chi connectivity index (χ3v) is 5.79. The average molecular weight is 448 g/mol. The summed E-state index contributed by atoms with van der Waals surface area (Å²) in [5, 5.41) is 6.29. The number of halogens is 1. The summed E-state index contributed by atoms with van der Waals surface area (Å²) < 4.78 is 6.39. The van der Waals surface area contributed by atoms with Crippen LogP contribution in [0.25, 0.3) is 6.08 Å². The normalized spacial score (nSPS) is 17.7. The van der Waals surface area contributed by atoms with Gasteiger partial charge >= 0.3 is 0 Å². The molecular formula is C20H22BrN3O2S. The Labute approximate surface area is 172 Å². The van der Waals surface area contributed by atoms with Crippen molar-refractivity contribution >= 4 is 51.0 Å². The molecule has 1 saturated heterocycles. The van der Waals surface area contributed by atoms with Crippen molar-refractivity contribution < 1.29 is 9.53 Å². The summed E-state index contributed by atoms with van der Waals surface area (Å²) in [5.41, 5.74) is 3.79. The van der Waals surface area contributed by atoms with Crippen LogP contribution in [0.3, 0.4) is 0 Å². The highest BCUT2D eigenvalue weighted by Crippen LogP contribution is 2.34. The zero-order chi connectivity index (χ0) is 19.6. The molecule has 2 aromatic carbocycles. The number of anilines is 2. The molecule has 1 heterocycles. The largest absolute Gasteiger partial charge is 0.495 e. The van der Waals surface area contributed by atoms with Crippen LogP contribution in [0, 0.1) is 6.92 Å². The van der Waals surface area contributed by atoms with Crippen LogP contribution in [0.5, 0.6) is 5.75 Å². The van der Waals surface area contributed by atoms with Crippen LogP contribution in [-0.4, -0.2) is 32.6 Å². The lowest BCUT2D eigenvalue weighted by atomic mass is 10.2. The fourth-order valence-corrected chi connectivity index (χ4v) is 4.50. The highest BCUT2D eigenvalue weighted by molar-refractivity contribution is 9.10. The standard InChI is InChI=1S/C20H22BrN3O2S/c1-12-5-8-17(26-4)15(9-12)22-20-23-19(25)18(27-20)11-13-6-7-16(24(2)3)14(21)10-13/h5-11,20,22H,1-4H3,(H,23,25)/b18-11-. The van der Waals surface area contributed by atoms with Gasteiger partial charge < -0.3 is 20.3 Å². The van der Waals surface area contributed by atoms with E-state index in [0.717, 1.165) is 32.7 Å². The number of carbonyl (C=O) groups excluding carboxylic acids is 1. The van der Waals surface area contributed by atoms with Gasteiger partial charge in [0.2, 0.25) is 0 Å². The number of thioether (sulfide) groups is 1. The smallest absolute Gasteiger partial charge is 0.260 e. The number of nitrogens with zero attached hydrogens (tertiary/aromatic N) is 1. The van der Waals surface area contributed by atoms with E-state index in [4.69, 9.17) is 4.74 Å². The van der Waals surface area contributed by atoms with E-state index in [9.17, 15) is 4.79 Å². The van der Waals surface area contributed by atoms with Crippen molar-refractivity contribution in [1.29, 1.82) is 0 Å². The van der Waals surface area contributed by atoms with Crippen LogP contribution in [0.15, 0.2) is 45.8 Å². The second-order valence-electron chi connectivity index (χ2n) is 6.43. The van der Waals surface area contributed by atoms with Crippen LogP contribution in [0.1, 0.15) is 11.1 Å². The van der Waals surface area contributed by atoms with E-state index < -0.39 is 0 Å². The number of methoxy groups -OCH3 is 1. The number of benzene rings is 2. The molecule has 7 heteroatoms. The van der Waals surface area contributed by atoms with E-state index >= 15 is 0 Å². The lowest BCUT2D eigenvalue weighted by molar-refractivity contribution is -0.116. The Hall–Kier alpha value is -2.12. The van der Waals surface area contributed by atoms with Crippen molar-refractivity contribution in [3.8, 4) is 5.75 Å². The van der Waals surface area contributed by atoms with Crippen LogP contribution >= 0.6 is 27.7 Å². The highest BCUT2D eigenvalue weighted by Gasteiger charge is 2.27. The van der Waals surface area contributed by atoms with Gasteiger partial charge in [0, 0.05) is 18.6 Å². The molecule has 1 fully saturated rings. The molecular weight excluding hydrogens is 426 g/mol. The van der Waals surface area contributed by atoms with Gasteiger partial charge in [0.1, 0.15) is 5.75 Å². The fraction of sp³-hybridized carbons (Fsp3) is 0.250. The van der Waals surface area contributed by atoms with Crippen LogP contribution < -0.4 is 20.3 Å². The third kappa shape index (κ3) is 4.59. The Balaban J connectivity index is 1.77. The van der Waals surface area contributed by atoms with E-state index in [0.29, 0.717) is 4.91 Å². The van der Waals surface area contributed by atoms with Gasteiger partial charge in [-0.2, -0.15) is 0 Å². The van der Waals surface area contributed by atoms with E-state index in [1.807, 2.05) is 68.4 Å². The molecule has 0 aromatic heterocycles. The number of nitrogens with one attached hydrogen (secondary N) is 2. The van der Waals surface area contributed by atoms with Crippen LogP contribution in [-0.2, 0) is 4.79 Å². The Morgan fingerprint density at radius 2 is 2.04 bits per heavy atom. The predicted octanol–water partition coefficient (Wildman–Crippen LogP) is 4.43. The summed E-state index contributed by atoms with van der Waals surface area (Å²) in [7, 11) is 5.62. The first-order valence-electron chi connectivity index (χ1n) is 8.44. The summed E-state index contributed by atoms with van der Waals surface area (Å²) in [5.74, 6) is 0.660. The Morgan fingerprint density at radius 3 is 2.70 bits per heavy atom. The number of ether oxygens (including phenoxy) is 1. The van der Waals surface area contributed by atoms with Crippen molar-refractivity contribution in [2.24, 2.45) is 0 Å². The fourth-order valence-electron chi connectivity index (χ4n) is 2.77. The van der Waals surface area contributed by atoms with Gasteiger partial charge in [-0.05, 0) is 64.3 Å². The number of carbonyl (C=O) groups is 1. The SMILES string of the molecule is COc1ccc(C)cc1NC1NC(=O)/C(=C/c2ccc(N(C)C)c(Br)c2)S1. The molecule has 3 rings (SSSR count). The molecule has 27 heavy (non-hydrogen) atoms. The van der Waals surface area contributed by atoms with Gasteiger partial charge in [-0.15, -0.1) is 0 Å².